The van der Waals surface area contributed by atoms with Crippen molar-refractivity contribution in [2.45, 2.75) is 17.9 Å². The minimum atomic E-state index is -3.66. The predicted molar refractivity (Wildman–Crippen MR) is 113 cm³/mol. The van der Waals surface area contributed by atoms with Crippen LogP contribution in [0.25, 0.3) is 0 Å². The maximum atomic E-state index is 12.5. The summed E-state index contributed by atoms with van der Waals surface area (Å²) in [5, 5.41) is 0. The molecule has 3 aromatic carbocycles. The van der Waals surface area contributed by atoms with Gasteiger partial charge in [0, 0.05) is 12.1 Å². The van der Waals surface area contributed by atoms with Crippen LogP contribution in [0.2, 0.25) is 0 Å². The summed E-state index contributed by atoms with van der Waals surface area (Å²) >= 11 is 0. The van der Waals surface area contributed by atoms with Crippen LogP contribution in [0, 0.1) is 6.92 Å². The highest BCUT2D eigenvalue weighted by molar-refractivity contribution is 7.89. The quantitative estimate of drug-likeness (QED) is 0.499. The Kier molecular flexibility index (Phi) is 6.77. The van der Waals surface area contributed by atoms with Gasteiger partial charge in [0.25, 0.3) is 5.91 Å². The minimum absolute atomic E-state index is 0.0649. The summed E-state index contributed by atoms with van der Waals surface area (Å²) in [5.74, 6) is -0.295. The van der Waals surface area contributed by atoms with Crippen molar-refractivity contribution in [2.75, 3.05) is 6.54 Å². The molecule has 3 N–H and O–H groups in total. The largest absolute Gasteiger partial charge is 0.287 e. The van der Waals surface area contributed by atoms with Crippen LogP contribution < -0.4 is 15.6 Å². The third-order valence-electron chi connectivity index (χ3n) is 4.41. The first-order valence-corrected chi connectivity index (χ1v) is 10.7. The smallest absolute Gasteiger partial charge is 0.265 e. The Morgan fingerprint density at radius 3 is 2.07 bits per heavy atom. The molecule has 0 unspecified atom stereocenters. The fraction of sp³-hybridized carbons (Fsp3) is 0.136. The highest BCUT2D eigenvalue weighted by Gasteiger charge is 2.18. The van der Waals surface area contributed by atoms with Crippen molar-refractivity contribution in [3.63, 3.8) is 0 Å². The number of carbonyl (C=O) groups excluding carboxylic acids is 1. The highest BCUT2D eigenvalue weighted by atomic mass is 32.2. The van der Waals surface area contributed by atoms with Gasteiger partial charge < -0.3 is 0 Å². The number of sulfonamides is 1. The Bertz CT molecular complexity index is 1040. The van der Waals surface area contributed by atoms with E-state index in [-0.39, 0.29) is 17.3 Å². The molecular formula is C22H23N3O3S. The Hall–Kier alpha value is -3.00. The summed E-state index contributed by atoms with van der Waals surface area (Å²) in [4.78, 5) is 12.6. The van der Waals surface area contributed by atoms with E-state index in [9.17, 15) is 13.2 Å². The maximum absolute atomic E-state index is 12.5. The lowest BCUT2D eigenvalue weighted by Gasteiger charge is -2.20. The van der Waals surface area contributed by atoms with Gasteiger partial charge in [0.15, 0.2) is 0 Å². The number of rotatable bonds is 8. The number of nitrogens with one attached hydrogen (secondary N) is 3. The molecule has 150 valence electrons. The zero-order valence-electron chi connectivity index (χ0n) is 16.0. The van der Waals surface area contributed by atoms with Crippen LogP contribution in [0.5, 0.6) is 0 Å². The molecule has 0 heterocycles. The van der Waals surface area contributed by atoms with E-state index in [0.717, 1.165) is 11.1 Å². The molecule has 1 atom stereocenters. The van der Waals surface area contributed by atoms with E-state index in [1.54, 1.807) is 30.3 Å². The van der Waals surface area contributed by atoms with Crippen LogP contribution in [0.1, 0.15) is 27.5 Å². The van der Waals surface area contributed by atoms with Gasteiger partial charge in [0.05, 0.1) is 10.9 Å². The Labute approximate surface area is 171 Å². The fourth-order valence-corrected chi connectivity index (χ4v) is 3.81. The Morgan fingerprint density at radius 2 is 1.45 bits per heavy atom. The van der Waals surface area contributed by atoms with E-state index in [0.29, 0.717) is 5.56 Å². The Balaban J connectivity index is 1.70. The third kappa shape index (κ3) is 5.74. The molecule has 0 aliphatic rings. The average molecular weight is 410 g/mol. The van der Waals surface area contributed by atoms with Crippen molar-refractivity contribution >= 4 is 15.9 Å². The number of hydrogen-bond acceptors (Lipinski definition) is 4. The molecule has 3 rings (SSSR count). The van der Waals surface area contributed by atoms with Gasteiger partial charge in [0.1, 0.15) is 0 Å². The number of benzene rings is 3. The second kappa shape index (κ2) is 9.47. The summed E-state index contributed by atoms with van der Waals surface area (Å²) < 4.78 is 27.7. The van der Waals surface area contributed by atoms with Crippen molar-refractivity contribution in [3.8, 4) is 0 Å². The van der Waals surface area contributed by atoms with Crippen LogP contribution >= 0.6 is 0 Å². The molecule has 6 nitrogen and oxygen atoms in total. The van der Waals surface area contributed by atoms with Gasteiger partial charge in [-0.15, -0.1) is 0 Å². The van der Waals surface area contributed by atoms with E-state index in [4.69, 9.17) is 0 Å². The first kappa shape index (κ1) is 20.7. The molecule has 29 heavy (non-hydrogen) atoms. The summed E-state index contributed by atoms with van der Waals surface area (Å²) in [6.07, 6.45) is 0. The average Bonchev–Trinajstić information content (AvgIpc) is 2.75. The molecule has 1 amide bonds. The maximum Gasteiger partial charge on any atom is 0.265 e. The first-order valence-electron chi connectivity index (χ1n) is 9.18. The monoisotopic (exact) mass is 409 g/mol. The predicted octanol–water partition coefficient (Wildman–Crippen LogP) is 2.95. The standard InChI is InChI=1S/C22H23N3O3S/c1-17-12-14-19(15-13-17)22(26)25-24-21(18-8-4-2-5-9-18)16-23-29(27,28)20-10-6-3-7-11-20/h2-15,21,23-24H,16H2,1H3,(H,25,26)/t21-/m1/s1. The van der Waals surface area contributed by atoms with Crippen molar-refractivity contribution in [3.05, 3.63) is 102 Å². The zero-order valence-corrected chi connectivity index (χ0v) is 16.8. The molecule has 0 bridgehead atoms. The number of aryl methyl sites for hydroxylation is 1. The van der Waals surface area contributed by atoms with Crippen molar-refractivity contribution in [1.29, 1.82) is 0 Å². The minimum Gasteiger partial charge on any atom is -0.287 e. The van der Waals surface area contributed by atoms with Crippen LogP contribution in [0.4, 0.5) is 0 Å². The van der Waals surface area contributed by atoms with Gasteiger partial charge in [-0.25, -0.2) is 18.6 Å². The molecule has 0 aromatic heterocycles. The fourth-order valence-electron chi connectivity index (χ4n) is 2.74. The van der Waals surface area contributed by atoms with E-state index >= 15 is 0 Å². The van der Waals surface area contributed by atoms with E-state index in [1.807, 2.05) is 49.4 Å². The van der Waals surface area contributed by atoms with E-state index in [1.165, 1.54) is 12.1 Å². The molecule has 0 spiro atoms. The van der Waals surface area contributed by atoms with Crippen LogP contribution in [-0.4, -0.2) is 20.9 Å². The lowest BCUT2D eigenvalue weighted by atomic mass is 10.1. The summed E-state index contributed by atoms with van der Waals surface area (Å²) in [6.45, 7) is 2.01. The molecule has 0 radical (unpaired) electrons. The van der Waals surface area contributed by atoms with Crippen molar-refractivity contribution in [1.82, 2.24) is 15.6 Å². The topological polar surface area (TPSA) is 87.3 Å². The summed E-state index contributed by atoms with van der Waals surface area (Å²) in [7, 11) is -3.66. The second-order valence-corrected chi connectivity index (χ2v) is 8.36. The number of hydrogen-bond donors (Lipinski definition) is 3. The third-order valence-corrected chi connectivity index (χ3v) is 5.85. The van der Waals surface area contributed by atoms with Crippen molar-refractivity contribution in [2.24, 2.45) is 0 Å². The normalized spacial score (nSPS) is 12.3. The number of carbonyl (C=O) groups is 1. The zero-order chi connectivity index (χ0) is 20.7. The number of amides is 1. The van der Waals surface area contributed by atoms with Crippen molar-refractivity contribution < 1.29 is 13.2 Å². The van der Waals surface area contributed by atoms with Crippen LogP contribution in [0.15, 0.2) is 89.8 Å². The van der Waals surface area contributed by atoms with Gasteiger partial charge in [-0.05, 0) is 36.8 Å². The highest BCUT2D eigenvalue weighted by Crippen LogP contribution is 2.13. The lowest BCUT2D eigenvalue weighted by molar-refractivity contribution is 0.0925. The Morgan fingerprint density at radius 1 is 0.862 bits per heavy atom. The molecule has 0 saturated heterocycles. The molecule has 0 fully saturated rings. The molecule has 7 heteroatoms. The molecular weight excluding hydrogens is 386 g/mol. The van der Waals surface area contributed by atoms with Gasteiger partial charge in [-0.2, -0.15) is 0 Å². The van der Waals surface area contributed by atoms with Gasteiger partial charge in [-0.1, -0.05) is 66.2 Å². The van der Waals surface area contributed by atoms with Gasteiger partial charge in [0.2, 0.25) is 10.0 Å². The van der Waals surface area contributed by atoms with Crippen LogP contribution in [-0.2, 0) is 10.0 Å². The van der Waals surface area contributed by atoms with E-state index in [2.05, 4.69) is 15.6 Å². The molecule has 0 aliphatic carbocycles. The lowest BCUT2D eigenvalue weighted by Crippen LogP contribution is -2.44. The second-order valence-electron chi connectivity index (χ2n) is 6.59. The van der Waals surface area contributed by atoms with Gasteiger partial charge >= 0.3 is 0 Å². The van der Waals surface area contributed by atoms with E-state index < -0.39 is 16.1 Å². The SMILES string of the molecule is Cc1ccc(C(=O)NN[C@H](CNS(=O)(=O)c2ccccc2)c2ccccc2)cc1. The molecule has 0 aliphatic heterocycles. The van der Waals surface area contributed by atoms with Crippen LogP contribution in [0.3, 0.4) is 0 Å². The summed E-state index contributed by atoms with van der Waals surface area (Å²) in [5.41, 5.74) is 8.03. The molecule has 0 saturated carbocycles. The van der Waals surface area contributed by atoms with Gasteiger partial charge in [-0.3, -0.25) is 10.2 Å². The number of hydrazine groups is 1. The molecule has 3 aromatic rings. The summed E-state index contributed by atoms with van der Waals surface area (Å²) in [6, 6.07) is 24.2. The first-order chi connectivity index (χ1) is 14.0.